The van der Waals surface area contributed by atoms with Crippen molar-refractivity contribution in [3.05, 3.63) is 125 Å². The van der Waals surface area contributed by atoms with Gasteiger partial charge < -0.3 is 60.4 Å². The molecule has 24 heteroatoms. The van der Waals surface area contributed by atoms with Crippen LogP contribution in [0.25, 0.3) is 11.3 Å². The Hall–Kier alpha value is -6.48. The average Bonchev–Trinajstić information content (AvgIpc) is 4.00. The largest absolute Gasteiger partial charge is 0.508 e. The maximum absolute atomic E-state index is 13.9. The highest BCUT2D eigenvalue weighted by atomic mass is 32.2. The van der Waals surface area contributed by atoms with Gasteiger partial charge in [0.25, 0.3) is 5.91 Å². The number of rotatable bonds is 12. The van der Waals surface area contributed by atoms with Gasteiger partial charge >= 0.3 is 5.97 Å². The molecular weight excluding hydrogens is 904 g/mol. The molecule has 1 aliphatic carbocycles. The predicted molar refractivity (Wildman–Crippen MR) is 225 cm³/mol. The molecule has 2 fully saturated rings. The number of aromatic hydroxyl groups is 1. The van der Waals surface area contributed by atoms with Crippen LogP contribution >= 0.6 is 11.8 Å². The van der Waals surface area contributed by atoms with Crippen molar-refractivity contribution in [1.29, 1.82) is 0 Å². The molecule has 2 saturated heterocycles. The SMILES string of the molecule is O=C1C=CC2C(=C1)Oc1cc(O)ccc1C2c1ccc(C(=O)NCc2nnn(C3C(O)[C@@H](CO)OC(S[C@@H]4OC(CO)[C@H](O)[C@H](n5cc(-c6cccc(F)c6)nn5)C4O)[C@@H]3O)n2)cc1C(=O)O. The Kier molecular flexibility index (Phi) is 12.7. The van der Waals surface area contributed by atoms with E-state index in [1.165, 1.54) is 66.9 Å². The molecule has 4 aliphatic rings. The van der Waals surface area contributed by atoms with Gasteiger partial charge in [-0.1, -0.05) is 47.3 Å². The van der Waals surface area contributed by atoms with Gasteiger partial charge in [-0.05, 0) is 47.2 Å². The van der Waals surface area contributed by atoms with Crippen LogP contribution in [-0.2, 0) is 20.8 Å². The molecule has 5 heterocycles. The number of aromatic nitrogens is 7. The summed E-state index contributed by atoms with van der Waals surface area (Å²) in [5.74, 6) is -3.85. The number of hydrogen-bond donors (Lipinski definition) is 9. The number of ether oxygens (including phenoxy) is 3. The number of phenols is 1. The van der Waals surface area contributed by atoms with Gasteiger partial charge in [0.05, 0.1) is 31.5 Å². The summed E-state index contributed by atoms with van der Waals surface area (Å²) in [5.41, 5.74) is -1.51. The van der Waals surface area contributed by atoms with Crippen LogP contribution < -0.4 is 10.1 Å². The molecule has 7 unspecified atom stereocenters. The monoisotopic (exact) mass is 944 g/mol. The van der Waals surface area contributed by atoms with Crippen LogP contribution in [0.1, 0.15) is 55.7 Å². The first-order chi connectivity index (χ1) is 32.2. The van der Waals surface area contributed by atoms with Gasteiger partial charge in [0.15, 0.2) is 11.6 Å². The standard InChI is InChI=1S/C43H41FN8O14S/c44-20-3-1-2-18(10-20)27-15-51(49-46-27)34-36(57)30(16-53)65-42(38(34)59)67-43-39(60)35(37(58)31(17-54)66-43)52-48-32(47-50-52)14-45-40(61)19-4-7-23(26(11-19)41(62)63)33-24-8-5-21(55)12-28(24)64-29-13-22(56)6-9-25(29)33/h1-13,15,24,30-31,33-39,42-43,53-54,56-60H,14,16-17H2,(H,45,61)(H,62,63)/t24?,30?,31-,33?,34+,35?,36+,37?,38?,39-,42+,43?/m1/s1. The summed E-state index contributed by atoms with van der Waals surface area (Å²) in [5, 5.41) is 109. The van der Waals surface area contributed by atoms with E-state index in [2.05, 4.69) is 31.0 Å². The zero-order valence-electron chi connectivity index (χ0n) is 34.6. The lowest BCUT2D eigenvalue weighted by atomic mass is 9.74. The second-order valence-electron chi connectivity index (χ2n) is 16.1. The van der Waals surface area contributed by atoms with Gasteiger partial charge in [0, 0.05) is 40.7 Å². The molecule has 0 saturated carbocycles. The molecule has 1 amide bonds. The number of amides is 1. The maximum atomic E-state index is 13.9. The number of nitrogens with zero attached hydrogens (tertiary/aromatic N) is 7. The number of hydrogen-bond acceptors (Lipinski definition) is 19. The van der Waals surface area contributed by atoms with Crippen molar-refractivity contribution in [3.8, 4) is 22.8 Å². The number of ketones is 1. The highest BCUT2D eigenvalue weighted by Gasteiger charge is 2.52. The topological polar surface area (TPSA) is 327 Å². The molecule has 9 rings (SSSR count). The highest BCUT2D eigenvalue weighted by Crippen LogP contribution is 2.49. The Balaban J connectivity index is 0.901. The van der Waals surface area contributed by atoms with Crippen molar-refractivity contribution < 1.29 is 73.8 Å². The fraction of sp³-hybridized carbons (Fsp3) is 0.349. The van der Waals surface area contributed by atoms with Gasteiger partial charge in [-0.25, -0.2) is 13.9 Å². The van der Waals surface area contributed by atoms with Crippen molar-refractivity contribution in [3.63, 3.8) is 0 Å². The van der Waals surface area contributed by atoms with E-state index in [9.17, 15) is 59.6 Å². The quantitative estimate of drug-likeness (QED) is 0.0792. The van der Waals surface area contributed by atoms with E-state index in [4.69, 9.17) is 14.2 Å². The number of benzene rings is 3. The Morgan fingerprint density at radius 1 is 0.851 bits per heavy atom. The number of carbonyl (C=O) groups is 3. The zero-order valence-corrected chi connectivity index (χ0v) is 35.4. The smallest absolute Gasteiger partial charge is 0.336 e. The molecule has 5 aromatic rings. The second kappa shape index (κ2) is 18.7. The van der Waals surface area contributed by atoms with Crippen molar-refractivity contribution in [2.24, 2.45) is 5.92 Å². The number of allylic oxidation sites excluding steroid dienone is 3. The summed E-state index contributed by atoms with van der Waals surface area (Å²) >= 11 is 0.713. The van der Waals surface area contributed by atoms with Crippen molar-refractivity contribution in [2.75, 3.05) is 13.2 Å². The van der Waals surface area contributed by atoms with E-state index in [-0.39, 0.29) is 52.2 Å². The van der Waals surface area contributed by atoms with Crippen LogP contribution in [0.15, 0.2) is 90.8 Å². The van der Waals surface area contributed by atoms with E-state index >= 15 is 0 Å². The Labute approximate surface area is 381 Å². The molecule has 9 N–H and O–H groups in total. The second-order valence-corrected chi connectivity index (χ2v) is 17.3. The number of fused-ring (bicyclic) bond motifs is 2. The van der Waals surface area contributed by atoms with Crippen LogP contribution in [0, 0.1) is 11.7 Å². The summed E-state index contributed by atoms with van der Waals surface area (Å²) < 4.78 is 32.7. The lowest BCUT2D eigenvalue weighted by molar-refractivity contribution is -0.190. The minimum Gasteiger partial charge on any atom is -0.508 e. The molecule has 12 atom stereocenters. The summed E-state index contributed by atoms with van der Waals surface area (Å²) in [6.07, 6.45) is -3.40. The number of carboxylic acids is 1. The number of aromatic carboxylic acids is 1. The number of aliphatic hydroxyl groups excluding tert-OH is 6. The van der Waals surface area contributed by atoms with Crippen LogP contribution in [0.3, 0.4) is 0 Å². The summed E-state index contributed by atoms with van der Waals surface area (Å²) in [6.45, 7) is -1.80. The van der Waals surface area contributed by atoms with Crippen LogP contribution in [0.5, 0.6) is 11.5 Å². The third kappa shape index (κ3) is 8.81. The first kappa shape index (κ1) is 45.7. The third-order valence-corrected chi connectivity index (χ3v) is 13.2. The van der Waals surface area contributed by atoms with Gasteiger partial charge in [-0.3, -0.25) is 9.59 Å². The fourth-order valence-electron chi connectivity index (χ4n) is 8.65. The third-order valence-electron chi connectivity index (χ3n) is 11.9. The van der Waals surface area contributed by atoms with Crippen LogP contribution in [-0.4, -0.2) is 154 Å². The molecular formula is C43H41FN8O14S. The summed E-state index contributed by atoms with van der Waals surface area (Å²) in [7, 11) is 0. The van der Waals surface area contributed by atoms with E-state index in [1.807, 2.05) is 0 Å². The Morgan fingerprint density at radius 2 is 1.57 bits per heavy atom. The lowest BCUT2D eigenvalue weighted by Gasteiger charge is -2.45. The number of tetrazole rings is 1. The van der Waals surface area contributed by atoms with E-state index in [0.29, 0.717) is 28.5 Å². The van der Waals surface area contributed by atoms with Crippen LogP contribution in [0.4, 0.5) is 4.39 Å². The number of aliphatic hydroxyl groups is 6. The molecule has 0 radical (unpaired) electrons. The summed E-state index contributed by atoms with van der Waals surface area (Å²) in [6, 6.07) is 11.3. The normalized spacial score (nSPS) is 29.1. The minimum atomic E-state index is -1.68. The number of halogens is 1. The van der Waals surface area contributed by atoms with Gasteiger partial charge in [0.1, 0.15) is 88.3 Å². The van der Waals surface area contributed by atoms with Gasteiger partial charge in [0.2, 0.25) is 0 Å². The average molecular weight is 945 g/mol. The number of thioether (sulfide) groups is 1. The van der Waals surface area contributed by atoms with Crippen molar-refractivity contribution in [2.45, 2.75) is 72.0 Å². The van der Waals surface area contributed by atoms with Crippen LogP contribution in [0.2, 0.25) is 0 Å². The molecule has 67 heavy (non-hydrogen) atoms. The number of nitrogens with one attached hydrogen (secondary N) is 1. The molecule has 2 aromatic heterocycles. The maximum Gasteiger partial charge on any atom is 0.336 e. The van der Waals surface area contributed by atoms with E-state index < -0.39 is 102 Å². The Bertz CT molecular complexity index is 2770. The first-order valence-corrected chi connectivity index (χ1v) is 21.6. The molecule has 350 valence electrons. The number of carbonyl (C=O) groups excluding carboxylic acids is 2. The molecule has 0 bridgehead atoms. The molecule has 3 aromatic carbocycles. The van der Waals surface area contributed by atoms with Gasteiger partial charge in [-0.2, -0.15) is 4.80 Å². The van der Waals surface area contributed by atoms with Gasteiger partial charge in [-0.15, -0.1) is 15.3 Å². The molecule has 0 spiro atoms. The first-order valence-electron chi connectivity index (χ1n) is 20.7. The molecule has 22 nitrogen and oxygen atoms in total. The molecule has 3 aliphatic heterocycles. The highest BCUT2D eigenvalue weighted by molar-refractivity contribution is 8.00. The number of phenolic OH excluding ortho intramolecular Hbond substituents is 1. The summed E-state index contributed by atoms with van der Waals surface area (Å²) in [4.78, 5) is 39.3. The van der Waals surface area contributed by atoms with Crippen molar-refractivity contribution in [1.82, 2.24) is 40.5 Å². The fourth-order valence-corrected chi connectivity index (χ4v) is 9.97. The van der Waals surface area contributed by atoms with E-state index in [1.54, 1.807) is 18.2 Å². The minimum absolute atomic E-state index is 0.0428. The van der Waals surface area contributed by atoms with Crippen molar-refractivity contribution >= 4 is 29.4 Å². The zero-order chi connectivity index (χ0) is 47.3. The number of carboxylic acid groups (broad SMARTS) is 1. The van der Waals surface area contributed by atoms with E-state index in [0.717, 1.165) is 9.48 Å². The lowest BCUT2D eigenvalue weighted by Crippen LogP contribution is -2.58. The predicted octanol–water partition coefficient (Wildman–Crippen LogP) is -0.0386. The Morgan fingerprint density at radius 3 is 2.28 bits per heavy atom.